The van der Waals surface area contributed by atoms with E-state index in [4.69, 9.17) is 10.5 Å². The maximum atomic E-state index is 6.09. The second-order valence-corrected chi connectivity index (χ2v) is 6.05. The maximum absolute atomic E-state index is 6.09. The van der Waals surface area contributed by atoms with Crippen molar-refractivity contribution in [2.45, 2.75) is 51.7 Å². The van der Waals surface area contributed by atoms with Crippen LogP contribution in [0.15, 0.2) is 24.3 Å². The zero-order valence-corrected chi connectivity index (χ0v) is 13.1. The fraction of sp³-hybridized carbons (Fsp3) is 0.647. The molecule has 1 aromatic carbocycles. The summed E-state index contributed by atoms with van der Waals surface area (Å²) in [6.07, 6.45) is 3.50. The molecule has 3 nitrogen and oxygen atoms in total. The van der Waals surface area contributed by atoms with Gasteiger partial charge in [-0.3, -0.25) is 4.90 Å². The van der Waals surface area contributed by atoms with Gasteiger partial charge in [-0.1, -0.05) is 32.0 Å². The van der Waals surface area contributed by atoms with Crippen LogP contribution in [0.25, 0.3) is 0 Å². The summed E-state index contributed by atoms with van der Waals surface area (Å²) >= 11 is 0. The zero-order valence-electron chi connectivity index (χ0n) is 13.1. The van der Waals surface area contributed by atoms with E-state index in [1.807, 2.05) is 6.07 Å². The molecular formula is C17H28N2O. The molecule has 1 aliphatic heterocycles. The minimum Gasteiger partial charge on any atom is -0.488 e. The van der Waals surface area contributed by atoms with E-state index in [0.717, 1.165) is 38.1 Å². The molecule has 0 aromatic heterocycles. The van der Waals surface area contributed by atoms with Gasteiger partial charge in [-0.25, -0.2) is 0 Å². The number of nitrogens with zero attached hydrogens (tertiary/aromatic N) is 1. The highest BCUT2D eigenvalue weighted by Crippen LogP contribution is 2.30. The average molecular weight is 276 g/mol. The highest BCUT2D eigenvalue weighted by molar-refractivity contribution is 5.37. The molecule has 2 rings (SSSR count). The van der Waals surface area contributed by atoms with Gasteiger partial charge in [-0.15, -0.1) is 0 Å². The van der Waals surface area contributed by atoms with Crippen molar-refractivity contribution in [3.8, 4) is 5.75 Å². The van der Waals surface area contributed by atoms with E-state index in [9.17, 15) is 0 Å². The van der Waals surface area contributed by atoms with E-state index in [1.165, 1.54) is 5.56 Å². The summed E-state index contributed by atoms with van der Waals surface area (Å²) in [4.78, 5) is 2.52. The Bertz CT molecular complexity index is 404. The number of hydrogen-bond donors (Lipinski definition) is 1. The summed E-state index contributed by atoms with van der Waals surface area (Å²) in [5, 5.41) is 0. The number of hydrogen-bond acceptors (Lipinski definition) is 3. The maximum Gasteiger partial charge on any atom is 0.123 e. The van der Waals surface area contributed by atoms with Crippen LogP contribution in [-0.2, 0) is 6.42 Å². The van der Waals surface area contributed by atoms with E-state index in [-0.39, 0.29) is 11.6 Å². The molecule has 0 saturated carbocycles. The molecule has 3 heteroatoms. The van der Waals surface area contributed by atoms with Crippen LogP contribution in [0.5, 0.6) is 5.75 Å². The van der Waals surface area contributed by atoms with Crippen molar-refractivity contribution in [3.05, 3.63) is 29.8 Å². The second-order valence-electron chi connectivity index (χ2n) is 6.05. The Kier molecular flexibility index (Phi) is 5.06. The van der Waals surface area contributed by atoms with Gasteiger partial charge in [0.1, 0.15) is 11.9 Å². The predicted octanol–water partition coefficient (Wildman–Crippen LogP) is 2.83. The lowest BCUT2D eigenvalue weighted by molar-refractivity contribution is 0.0608. The summed E-state index contributed by atoms with van der Waals surface area (Å²) < 4.78 is 6.09. The van der Waals surface area contributed by atoms with Gasteiger partial charge < -0.3 is 10.5 Å². The standard InChI is InChI=1S/C17H28N2O/c1-4-10-19(17(3,5-2)13-18)12-15-11-14-8-6-7-9-16(14)20-15/h6-9,15H,4-5,10-13,18H2,1-3H3. The van der Waals surface area contributed by atoms with Crippen LogP contribution in [0.2, 0.25) is 0 Å². The van der Waals surface area contributed by atoms with E-state index < -0.39 is 0 Å². The molecular weight excluding hydrogens is 248 g/mol. The largest absolute Gasteiger partial charge is 0.488 e. The summed E-state index contributed by atoms with van der Waals surface area (Å²) in [6, 6.07) is 8.37. The van der Waals surface area contributed by atoms with Gasteiger partial charge in [0, 0.05) is 25.0 Å². The summed E-state index contributed by atoms with van der Waals surface area (Å²) in [5.41, 5.74) is 7.44. The third-order valence-electron chi connectivity index (χ3n) is 4.60. The van der Waals surface area contributed by atoms with Gasteiger partial charge in [0.25, 0.3) is 0 Å². The molecule has 1 aliphatic rings. The van der Waals surface area contributed by atoms with E-state index in [2.05, 4.69) is 43.9 Å². The highest BCUT2D eigenvalue weighted by Gasteiger charge is 2.32. The van der Waals surface area contributed by atoms with Gasteiger partial charge in [0.2, 0.25) is 0 Å². The number of ether oxygens (including phenoxy) is 1. The molecule has 0 fully saturated rings. The topological polar surface area (TPSA) is 38.5 Å². The minimum absolute atomic E-state index is 0.0775. The molecule has 2 atom stereocenters. The lowest BCUT2D eigenvalue weighted by Crippen LogP contribution is -2.54. The molecule has 0 bridgehead atoms. The van der Waals surface area contributed by atoms with E-state index in [1.54, 1.807) is 0 Å². The SMILES string of the molecule is CCCN(CC1Cc2ccccc2O1)C(C)(CC)CN. The molecule has 0 radical (unpaired) electrons. The number of benzene rings is 1. The van der Waals surface area contributed by atoms with Crippen LogP contribution in [0.4, 0.5) is 0 Å². The molecule has 112 valence electrons. The molecule has 0 amide bonds. The Balaban J connectivity index is 2.04. The first-order valence-electron chi connectivity index (χ1n) is 7.82. The predicted molar refractivity (Wildman–Crippen MR) is 84.2 cm³/mol. The molecule has 0 saturated heterocycles. The fourth-order valence-electron chi connectivity index (χ4n) is 2.95. The Morgan fingerprint density at radius 1 is 1.35 bits per heavy atom. The fourth-order valence-corrected chi connectivity index (χ4v) is 2.95. The van der Waals surface area contributed by atoms with Crippen LogP contribution in [-0.4, -0.2) is 36.2 Å². The van der Waals surface area contributed by atoms with Crippen LogP contribution in [0.1, 0.15) is 39.2 Å². The zero-order chi connectivity index (χ0) is 14.6. The summed E-state index contributed by atoms with van der Waals surface area (Å²) in [7, 11) is 0. The van der Waals surface area contributed by atoms with Crippen LogP contribution < -0.4 is 10.5 Å². The van der Waals surface area contributed by atoms with Crippen LogP contribution >= 0.6 is 0 Å². The third kappa shape index (κ3) is 3.15. The normalized spacial score (nSPS) is 20.6. The van der Waals surface area contributed by atoms with Crippen molar-refractivity contribution in [1.29, 1.82) is 0 Å². The lowest BCUT2D eigenvalue weighted by Gasteiger charge is -2.41. The van der Waals surface area contributed by atoms with Crippen LogP contribution in [0, 0.1) is 0 Å². The Morgan fingerprint density at radius 2 is 2.10 bits per heavy atom. The van der Waals surface area contributed by atoms with Crippen molar-refractivity contribution in [2.24, 2.45) is 5.73 Å². The van der Waals surface area contributed by atoms with Crippen molar-refractivity contribution in [3.63, 3.8) is 0 Å². The van der Waals surface area contributed by atoms with Gasteiger partial charge in [-0.05, 0) is 37.9 Å². The van der Waals surface area contributed by atoms with Gasteiger partial charge in [-0.2, -0.15) is 0 Å². The van der Waals surface area contributed by atoms with Crippen molar-refractivity contribution >= 4 is 0 Å². The molecule has 0 spiro atoms. The minimum atomic E-state index is 0.0775. The first-order valence-corrected chi connectivity index (χ1v) is 7.82. The monoisotopic (exact) mass is 276 g/mol. The Hall–Kier alpha value is -1.06. The first kappa shape index (κ1) is 15.3. The van der Waals surface area contributed by atoms with Gasteiger partial charge >= 0.3 is 0 Å². The summed E-state index contributed by atoms with van der Waals surface area (Å²) in [5.74, 6) is 1.06. The number of rotatable bonds is 7. The quantitative estimate of drug-likeness (QED) is 0.832. The van der Waals surface area contributed by atoms with Crippen molar-refractivity contribution < 1.29 is 4.74 Å². The first-order chi connectivity index (χ1) is 9.62. The Labute approximate surface area is 123 Å². The number of para-hydroxylation sites is 1. The van der Waals surface area contributed by atoms with E-state index in [0.29, 0.717) is 6.54 Å². The molecule has 0 aliphatic carbocycles. The average Bonchev–Trinajstić information content (AvgIpc) is 2.88. The molecule has 1 aromatic rings. The Morgan fingerprint density at radius 3 is 2.70 bits per heavy atom. The molecule has 2 unspecified atom stereocenters. The molecule has 1 heterocycles. The third-order valence-corrected chi connectivity index (χ3v) is 4.60. The van der Waals surface area contributed by atoms with Gasteiger partial charge in [0.15, 0.2) is 0 Å². The smallest absolute Gasteiger partial charge is 0.123 e. The van der Waals surface area contributed by atoms with E-state index >= 15 is 0 Å². The lowest BCUT2D eigenvalue weighted by atomic mass is 9.95. The second kappa shape index (κ2) is 6.59. The summed E-state index contributed by atoms with van der Waals surface area (Å²) in [6.45, 7) is 9.46. The van der Waals surface area contributed by atoms with Crippen LogP contribution in [0.3, 0.4) is 0 Å². The molecule has 2 N–H and O–H groups in total. The highest BCUT2D eigenvalue weighted by atomic mass is 16.5. The number of nitrogens with two attached hydrogens (primary N) is 1. The van der Waals surface area contributed by atoms with Crippen molar-refractivity contribution in [1.82, 2.24) is 4.90 Å². The molecule has 20 heavy (non-hydrogen) atoms. The van der Waals surface area contributed by atoms with Crippen molar-refractivity contribution in [2.75, 3.05) is 19.6 Å². The van der Waals surface area contributed by atoms with Gasteiger partial charge in [0.05, 0.1) is 0 Å². The number of fused-ring (bicyclic) bond motifs is 1.